The molecule has 4 amide bonds. The molecule has 0 bridgehead atoms. The highest BCUT2D eigenvalue weighted by molar-refractivity contribution is 6.45. The molecule has 116 heavy (non-hydrogen) atoms. The molecule has 3 aromatic carbocycles. The summed E-state index contributed by atoms with van der Waals surface area (Å²) in [5.41, 5.74) is 3.20. The van der Waals surface area contributed by atoms with Crippen LogP contribution in [0.2, 0.25) is 12.6 Å². The smallest absolute Gasteiger partial charge is 0.457 e. The fourth-order valence-electron chi connectivity index (χ4n) is 18.5. The number of hydrogen-bond acceptors (Lipinski definition) is 15. The third-order valence-electron chi connectivity index (χ3n) is 25.6. The minimum atomic E-state index is -1.30. The van der Waals surface area contributed by atoms with Crippen LogP contribution in [0.5, 0.6) is 0 Å². The second-order valence-electron chi connectivity index (χ2n) is 38.5. The topological polar surface area (TPSA) is 353 Å². The van der Waals surface area contributed by atoms with Gasteiger partial charge in [0.05, 0.1) is 16.8 Å². The number of carboxylic acids is 2. The number of aromatic carboxylic acids is 1. The van der Waals surface area contributed by atoms with E-state index >= 15 is 0 Å². The SMILES string of the molecule is C=CCC1C[C@H]2C[C@H]2C1=O.C=CCN1CCCC1.C=CC[C@@H]1C[C@H]2C[C@H]2[C@@]1(NC(=O)c1ccccc1)C(=O)NC(C)(C)C.CC(C)(C)NC(=O)[C@@]1(NC(=O)c2ccccc2)[C@H](CCCB2OC(C)(C)C(C)(C)O2)C[C@H]2C[C@H]21.N.N[C@]1(C(=O)O)[C@H](CCCB(O)O)C[C@H]2C[C@H]21.O=C(O)c1ccccc1.O=C1CC[C@H]2C[C@@H]12.[C-]#[N+]C(C)(C)C. The van der Waals surface area contributed by atoms with Gasteiger partial charge in [-0.1, -0.05) is 85.7 Å². The van der Waals surface area contributed by atoms with Crippen molar-refractivity contribution >= 4 is 61.4 Å². The molecule has 1 unspecified atom stereocenters. The van der Waals surface area contributed by atoms with Crippen molar-refractivity contribution in [2.75, 3.05) is 19.6 Å². The maximum atomic E-state index is 13.8. The van der Waals surface area contributed by atoms with Crippen molar-refractivity contribution in [1.29, 1.82) is 0 Å². The average Bonchev–Trinajstić information content (AvgIpc) is 1.55. The van der Waals surface area contributed by atoms with Gasteiger partial charge in [-0.15, -0.1) is 19.7 Å². The molecule has 22 nitrogen and oxygen atoms in total. The van der Waals surface area contributed by atoms with Crippen LogP contribution in [0.1, 0.15) is 243 Å². The monoisotopic (exact) mass is 1600 g/mol. The molecule has 24 heteroatoms. The third kappa shape index (κ3) is 25.5. The maximum absolute atomic E-state index is 13.8. The van der Waals surface area contributed by atoms with Crippen molar-refractivity contribution in [1.82, 2.24) is 32.3 Å². The van der Waals surface area contributed by atoms with Gasteiger partial charge < -0.3 is 67.6 Å². The molecule has 3 aromatic rings. The number of benzene rings is 3. The predicted molar refractivity (Wildman–Crippen MR) is 458 cm³/mol. The van der Waals surface area contributed by atoms with Gasteiger partial charge >= 0.3 is 26.2 Å². The number of ketones is 2. The molecule has 12 fully saturated rings. The number of carbonyl (C=O) groups is 8. The number of fused-ring (bicyclic) bond motifs is 5. The van der Waals surface area contributed by atoms with E-state index in [0.29, 0.717) is 82.9 Å². The van der Waals surface area contributed by atoms with E-state index in [9.17, 15) is 43.5 Å². The van der Waals surface area contributed by atoms with E-state index in [4.69, 9.17) is 36.8 Å². The van der Waals surface area contributed by atoms with E-state index in [2.05, 4.69) is 78.4 Å². The van der Waals surface area contributed by atoms with Crippen LogP contribution in [0.4, 0.5) is 0 Å². The molecule has 13 N–H and O–H groups in total. The summed E-state index contributed by atoms with van der Waals surface area (Å²) in [4.78, 5) is 102. The number of rotatable bonds is 22. The number of allylic oxidation sites excluding steroid dienone is 2. The fraction of sp³-hybridized carbons (Fsp3) is 0.641. The van der Waals surface area contributed by atoms with Crippen molar-refractivity contribution in [3.8, 4) is 0 Å². The number of carbonyl (C=O) groups excluding carboxylic acids is 6. The molecular weight excluding hydrogens is 1460 g/mol. The first-order chi connectivity index (χ1) is 54.0. The first-order valence-corrected chi connectivity index (χ1v) is 42.4. The lowest BCUT2D eigenvalue weighted by molar-refractivity contribution is -0.146. The van der Waals surface area contributed by atoms with Crippen LogP contribution in [-0.2, 0) is 33.3 Å². The van der Waals surface area contributed by atoms with E-state index < -0.39 is 35.7 Å². The zero-order chi connectivity index (χ0) is 84.8. The van der Waals surface area contributed by atoms with E-state index in [0.717, 1.165) is 102 Å². The Morgan fingerprint density at radius 2 is 1.03 bits per heavy atom. The Labute approximate surface area is 692 Å². The van der Waals surface area contributed by atoms with Gasteiger partial charge in [0, 0.05) is 73.7 Å². The zero-order valence-electron chi connectivity index (χ0n) is 71.8. The molecule has 10 saturated carbocycles. The van der Waals surface area contributed by atoms with E-state index in [1.165, 1.54) is 45.2 Å². The van der Waals surface area contributed by atoms with Crippen LogP contribution >= 0.6 is 0 Å². The van der Waals surface area contributed by atoms with Gasteiger partial charge in [0.2, 0.25) is 17.4 Å². The number of nitrogens with zero attached hydrogens (tertiary/aromatic N) is 2. The Hall–Kier alpha value is -7.62. The summed E-state index contributed by atoms with van der Waals surface area (Å²) in [7, 11) is -1.54. The van der Waals surface area contributed by atoms with Crippen LogP contribution in [0, 0.1) is 89.4 Å². The van der Waals surface area contributed by atoms with Gasteiger partial charge in [0.1, 0.15) is 28.2 Å². The molecule has 15 rings (SSSR count). The highest BCUT2D eigenvalue weighted by Crippen LogP contribution is 2.64. The van der Waals surface area contributed by atoms with Crippen molar-refractivity contribution in [3.05, 3.63) is 157 Å². The van der Waals surface area contributed by atoms with Gasteiger partial charge in [-0.25, -0.2) is 11.4 Å². The molecule has 17 atom stereocenters. The molecule has 0 radical (unpaired) electrons. The molecule has 636 valence electrons. The summed E-state index contributed by atoms with van der Waals surface area (Å²) in [5, 5.41) is 47.8. The van der Waals surface area contributed by atoms with Gasteiger partial charge in [-0.05, 0) is 299 Å². The highest BCUT2D eigenvalue weighted by atomic mass is 16.7. The van der Waals surface area contributed by atoms with Crippen LogP contribution < -0.4 is 33.2 Å². The summed E-state index contributed by atoms with van der Waals surface area (Å²) in [6.45, 7) is 47.1. The summed E-state index contributed by atoms with van der Waals surface area (Å²) in [6, 6.07) is 26.6. The van der Waals surface area contributed by atoms with Gasteiger partial charge in [0.25, 0.3) is 11.8 Å². The molecule has 12 aliphatic rings. The Bertz CT molecular complexity index is 3870. The standard InChI is InChI=1S/C27H41BN2O4.C21H28N2O2.C10H18BNO4.C9H12O.C7H13N.C7H6O2.C6H8O.C5H9N.H3N/c1-24(2,3)30-23(32)27(29-22(31)18-12-9-8-10-13-18)20(16-19-17-21(19)27)14-11-15-28-33-25(4,5)26(6,7)34-28;1-5-9-16-12-15-13-17(15)21(16,19(25)23-20(2,3)4)22-18(24)14-10-7-6-8-11-14;12-10(9(13)14)7(2-1-3-11(15)16)4-6-5-8(6)10;1-2-3-6-4-7-5-8(7)9(6)10;1-2-5-8-6-3-4-7-8;8-7(9)6-4-2-1-3-5-6;7-6-2-1-4-3-5(4)6;1-5(2,3)6-4;/h8-10,12-13,19-21H,11,14-17H2,1-7H3,(H,29,31)(H,30,32);5-8,10-11,15-17H,1,9,12-13H2,2-4H3,(H,22,24)(H,23,25);6-8,15-16H,1-5,12H2,(H,13,14);2,6-8H,1,3-5H2;2H,1,3-7H2;1-5H,(H,8,9);4-5H,1-3H2;1-3H3;1H3/t19-,20+,21+,27+;15-,16+,17+,21+;6-,7+,8+,10+;6?,7-,8+;;;4-,5+;;/m0000..0../s1. The third-order valence-corrected chi connectivity index (χ3v) is 25.6. The second-order valence-corrected chi connectivity index (χ2v) is 38.5. The summed E-state index contributed by atoms with van der Waals surface area (Å²) < 4.78 is 12.4. The minimum absolute atomic E-state index is 0. The summed E-state index contributed by atoms with van der Waals surface area (Å²) >= 11 is 0. The molecule has 0 aromatic heterocycles. The number of nitrogens with one attached hydrogen (secondary N) is 4. The number of likely N-dealkylation sites (tertiary alicyclic amines) is 1. The molecule has 2 saturated heterocycles. The molecule has 0 spiro atoms. The van der Waals surface area contributed by atoms with Crippen LogP contribution in [0.3, 0.4) is 0 Å². The number of amides is 4. The number of carboxylic acid groups (broad SMARTS) is 2. The number of Topliss-reactive ketones (excluding diaryl/α,β-unsaturated/α-hetero) is 2. The second kappa shape index (κ2) is 40.4. The van der Waals surface area contributed by atoms with Crippen LogP contribution in [0.25, 0.3) is 4.85 Å². The number of hydrogen-bond donors (Lipinski definition) is 10. The average molecular weight is 1600 g/mol. The Morgan fingerprint density at radius 1 is 0.595 bits per heavy atom. The highest BCUT2D eigenvalue weighted by Gasteiger charge is 2.69. The first-order valence-electron chi connectivity index (χ1n) is 42.4. The predicted octanol–water partition coefficient (Wildman–Crippen LogP) is 14.9. The number of aliphatic carboxylic acids is 1. The minimum Gasteiger partial charge on any atom is -0.480 e. The Kier molecular flexibility index (Phi) is 33.3. The van der Waals surface area contributed by atoms with Crippen molar-refractivity contribution < 1.29 is 67.9 Å². The molecule has 10 aliphatic carbocycles. The van der Waals surface area contributed by atoms with Crippen molar-refractivity contribution in [2.45, 2.75) is 269 Å². The Balaban J connectivity index is 0.000000198. The molecule has 2 aliphatic heterocycles. The van der Waals surface area contributed by atoms with Gasteiger partial charge in [-0.3, -0.25) is 38.5 Å². The van der Waals surface area contributed by atoms with Gasteiger partial charge in [0.15, 0.2) is 0 Å². The van der Waals surface area contributed by atoms with Crippen LogP contribution in [-0.4, -0.2) is 151 Å². The largest absolute Gasteiger partial charge is 0.480 e. The fourth-order valence-corrected chi connectivity index (χ4v) is 18.5. The number of nitrogens with two attached hydrogens (primary N) is 1. The lowest BCUT2D eigenvalue weighted by Gasteiger charge is -2.40. The summed E-state index contributed by atoms with van der Waals surface area (Å²) in [5.74, 6) is 4.10. The normalized spacial score (nSPS) is 30.5. The molecular formula is C92H138B2N8O14. The van der Waals surface area contributed by atoms with E-state index in [-0.39, 0.29) is 100 Å². The van der Waals surface area contributed by atoms with Crippen LogP contribution in [0.15, 0.2) is 129 Å². The lowest BCUT2D eigenvalue weighted by Crippen LogP contribution is -2.65. The van der Waals surface area contributed by atoms with E-state index in [1.54, 1.807) is 54.6 Å². The Morgan fingerprint density at radius 3 is 1.41 bits per heavy atom. The van der Waals surface area contributed by atoms with Gasteiger partial charge in [-0.2, -0.15) is 0 Å². The zero-order valence-corrected chi connectivity index (χ0v) is 71.8. The summed E-state index contributed by atoms with van der Waals surface area (Å²) in [6.07, 6.45) is 25.7. The lowest BCUT2D eigenvalue weighted by atomic mass is 9.74. The first kappa shape index (κ1) is 95.5. The van der Waals surface area contributed by atoms with Crippen molar-refractivity contribution in [3.63, 3.8) is 0 Å². The van der Waals surface area contributed by atoms with Crippen molar-refractivity contribution in [2.24, 2.45) is 88.6 Å². The quantitative estimate of drug-likeness (QED) is 0.0254. The molecule has 2 heterocycles. The maximum Gasteiger partial charge on any atom is 0.457 e. The van der Waals surface area contributed by atoms with E-state index in [1.807, 2.05) is 117 Å².